The molecule has 2 aromatic carbocycles. The first-order valence-electron chi connectivity index (χ1n) is 13.0. The Hall–Kier alpha value is -4.55. The number of aromatic nitrogens is 5. The summed E-state index contributed by atoms with van der Waals surface area (Å²) in [6.07, 6.45) is 5.06. The molecule has 0 spiro atoms. The number of hydrogen-bond donors (Lipinski definition) is 1. The SMILES string of the molecule is Cn1cc(-c2cc(-c3ccc(CO)cc3)nc3c(C(=O)N4CCN(Cc5cc(F)cc(F)c5F)CC4)cnn23)cn1. The van der Waals surface area contributed by atoms with Crippen LogP contribution in [-0.4, -0.2) is 71.4 Å². The number of piperazine rings is 1. The number of aliphatic hydroxyl groups is 1. The third-order valence-electron chi connectivity index (χ3n) is 7.26. The van der Waals surface area contributed by atoms with Crippen molar-refractivity contribution in [2.24, 2.45) is 7.05 Å². The fraction of sp³-hybridized carbons (Fsp3) is 0.241. The summed E-state index contributed by atoms with van der Waals surface area (Å²) in [6, 6.07) is 10.8. The molecule has 12 heteroatoms. The molecule has 0 unspecified atom stereocenters. The second kappa shape index (κ2) is 10.8. The number of fused-ring (bicyclic) bond motifs is 1. The lowest BCUT2D eigenvalue weighted by Gasteiger charge is -2.34. The van der Waals surface area contributed by atoms with Crippen molar-refractivity contribution in [3.05, 3.63) is 95.2 Å². The number of halogens is 3. The van der Waals surface area contributed by atoms with Crippen LogP contribution >= 0.6 is 0 Å². The highest BCUT2D eigenvalue weighted by molar-refractivity contribution is 6.00. The molecule has 1 amide bonds. The van der Waals surface area contributed by atoms with Gasteiger partial charge in [-0.15, -0.1) is 0 Å². The van der Waals surface area contributed by atoms with Gasteiger partial charge in [-0.25, -0.2) is 22.7 Å². The first kappa shape index (κ1) is 26.7. The van der Waals surface area contributed by atoms with Crippen LogP contribution in [-0.2, 0) is 20.2 Å². The Balaban J connectivity index is 1.28. The minimum atomic E-state index is -1.22. The number of benzene rings is 2. The Morgan fingerprint density at radius 2 is 1.71 bits per heavy atom. The van der Waals surface area contributed by atoms with Crippen molar-refractivity contribution in [2.45, 2.75) is 13.2 Å². The zero-order valence-electron chi connectivity index (χ0n) is 22.1. The Labute approximate surface area is 233 Å². The standard InChI is InChI=1S/C29H26F3N7O2/c1-36-15-21(13-33-36)26-12-25(19-4-2-18(17-40)3-5-19)35-28-23(14-34-39(26)28)29(41)38-8-6-37(7-9-38)16-20-10-22(30)11-24(31)27(20)32/h2-5,10-15,40H,6-9,16-17H2,1H3. The van der Waals surface area contributed by atoms with E-state index in [1.54, 1.807) is 20.3 Å². The van der Waals surface area contributed by atoms with E-state index < -0.39 is 17.5 Å². The van der Waals surface area contributed by atoms with Crippen molar-refractivity contribution in [2.75, 3.05) is 26.2 Å². The van der Waals surface area contributed by atoms with Gasteiger partial charge in [0.15, 0.2) is 17.3 Å². The van der Waals surface area contributed by atoms with Gasteiger partial charge in [0.25, 0.3) is 5.91 Å². The molecule has 1 aliphatic rings. The quantitative estimate of drug-likeness (QED) is 0.318. The maximum atomic E-state index is 14.2. The number of rotatable bonds is 6. The largest absolute Gasteiger partial charge is 0.392 e. The number of carbonyl (C=O) groups excluding carboxylic acids is 1. The topological polar surface area (TPSA) is 91.8 Å². The van der Waals surface area contributed by atoms with Gasteiger partial charge in [0, 0.05) is 68.7 Å². The molecular weight excluding hydrogens is 535 g/mol. The Bertz CT molecular complexity index is 1740. The van der Waals surface area contributed by atoms with Gasteiger partial charge in [-0.2, -0.15) is 10.2 Å². The van der Waals surface area contributed by atoms with Crippen LogP contribution in [0.25, 0.3) is 28.2 Å². The molecule has 4 heterocycles. The molecule has 1 fully saturated rings. The maximum absolute atomic E-state index is 14.2. The molecule has 1 saturated heterocycles. The molecule has 9 nitrogen and oxygen atoms in total. The van der Waals surface area contributed by atoms with Crippen molar-refractivity contribution < 1.29 is 23.1 Å². The minimum Gasteiger partial charge on any atom is -0.392 e. The van der Waals surface area contributed by atoms with Crippen molar-refractivity contribution in [1.82, 2.24) is 34.2 Å². The highest BCUT2D eigenvalue weighted by Gasteiger charge is 2.27. The minimum absolute atomic E-state index is 0.0354. The predicted octanol–water partition coefficient (Wildman–Crippen LogP) is 3.66. The number of aliphatic hydroxyl groups excluding tert-OH is 1. The Morgan fingerprint density at radius 1 is 0.951 bits per heavy atom. The fourth-order valence-corrected chi connectivity index (χ4v) is 5.05. The maximum Gasteiger partial charge on any atom is 0.259 e. The van der Waals surface area contributed by atoms with Crippen LogP contribution < -0.4 is 0 Å². The highest BCUT2D eigenvalue weighted by atomic mass is 19.2. The monoisotopic (exact) mass is 561 g/mol. The first-order chi connectivity index (χ1) is 19.8. The van der Waals surface area contributed by atoms with Gasteiger partial charge in [-0.05, 0) is 17.7 Å². The highest BCUT2D eigenvalue weighted by Crippen LogP contribution is 2.28. The summed E-state index contributed by atoms with van der Waals surface area (Å²) in [7, 11) is 1.81. The first-order valence-corrected chi connectivity index (χ1v) is 13.0. The van der Waals surface area contributed by atoms with Gasteiger partial charge in [-0.3, -0.25) is 14.4 Å². The lowest BCUT2D eigenvalue weighted by Crippen LogP contribution is -2.48. The van der Waals surface area contributed by atoms with Crippen LogP contribution in [0.15, 0.2) is 61.1 Å². The number of carbonyl (C=O) groups is 1. The number of aryl methyl sites for hydroxylation is 1. The molecule has 3 aromatic heterocycles. The third-order valence-corrected chi connectivity index (χ3v) is 7.26. The van der Waals surface area contributed by atoms with Crippen molar-refractivity contribution >= 4 is 11.6 Å². The zero-order chi connectivity index (χ0) is 28.7. The Morgan fingerprint density at radius 3 is 2.39 bits per heavy atom. The molecule has 0 atom stereocenters. The van der Waals surface area contributed by atoms with E-state index in [0.717, 1.165) is 22.8 Å². The molecule has 6 rings (SSSR count). The molecular formula is C29H26F3N7O2. The van der Waals surface area contributed by atoms with Gasteiger partial charge in [-0.1, -0.05) is 24.3 Å². The molecule has 210 valence electrons. The van der Waals surface area contributed by atoms with Crippen LogP contribution in [0.5, 0.6) is 0 Å². The fourth-order valence-electron chi connectivity index (χ4n) is 5.05. The lowest BCUT2D eigenvalue weighted by molar-refractivity contribution is 0.0628. The lowest BCUT2D eigenvalue weighted by atomic mass is 10.1. The normalized spacial score (nSPS) is 14.2. The molecule has 1 aliphatic heterocycles. The van der Waals surface area contributed by atoms with E-state index in [9.17, 15) is 23.1 Å². The number of amides is 1. The van der Waals surface area contributed by atoms with Gasteiger partial charge < -0.3 is 10.0 Å². The summed E-state index contributed by atoms with van der Waals surface area (Å²) < 4.78 is 44.7. The van der Waals surface area contributed by atoms with E-state index >= 15 is 0 Å². The molecule has 0 bridgehead atoms. The van der Waals surface area contributed by atoms with Crippen molar-refractivity contribution in [1.29, 1.82) is 0 Å². The van der Waals surface area contributed by atoms with E-state index in [2.05, 4.69) is 10.2 Å². The van der Waals surface area contributed by atoms with Gasteiger partial charge in [0.05, 0.1) is 30.4 Å². The second-order valence-electron chi connectivity index (χ2n) is 10.0. The summed E-state index contributed by atoms with van der Waals surface area (Å²) in [5, 5.41) is 18.2. The predicted molar refractivity (Wildman–Crippen MR) is 144 cm³/mol. The van der Waals surface area contributed by atoms with E-state index in [0.29, 0.717) is 54.8 Å². The Kier molecular flexibility index (Phi) is 7.01. The van der Waals surface area contributed by atoms with Gasteiger partial charge in [0.1, 0.15) is 11.4 Å². The van der Waals surface area contributed by atoms with E-state index in [4.69, 9.17) is 4.98 Å². The van der Waals surface area contributed by atoms with Crippen LogP contribution in [0.3, 0.4) is 0 Å². The summed E-state index contributed by atoms with van der Waals surface area (Å²) in [4.78, 5) is 22.0. The van der Waals surface area contributed by atoms with E-state index in [1.165, 1.54) is 6.20 Å². The van der Waals surface area contributed by atoms with Crippen LogP contribution in [0, 0.1) is 17.5 Å². The van der Waals surface area contributed by atoms with Crippen LogP contribution in [0.2, 0.25) is 0 Å². The molecule has 0 saturated carbocycles. The number of hydrogen-bond acceptors (Lipinski definition) is 6. The zero-order valence-corrected chi connectivity index (χ0v) is 22.1. The summed E-state index contributed by atoms with van der Waals surface area (Å²) >= 11 is 0. The average molecular weight is 562 g/mol. The molecule has 0 radical (unpaired) electrons. The summed E-state index contributed by atoms with van der Waals surface area (Å²) in [5.41, 5.74) is 4.37. The smallest absolute Gasteiger partial charge is 0.259 e. The third kappa shape index (κ3) is 5.19. The van der Waals surface area contributed by atoms with Crippen molar-refractivity contribution in [3.8, 4) is 22.5 Å². The van der Waals surface area contributed by atoms with Gasteiger partial charge in [0.2, 0.25) is 0 Å². The van der Waals surface area contributed by atoms with E-state index in [-0.39, 0.29) is 24.6 Å². The molecule has 0 aliphatic carbocycles. The summed E-state index contributed by atoms with van der Waals surface area (Å²) in [5.74, 6) is -3.36. The van der Waals surface area contributed by atoms with Crippen molar-refractivity contribution in [3.63, 3.8) is 0 Å². The molecule has 1 N–H and O–H groups in total. The number of nitrogens with zero attached hydrogens (tertiary/aromatic N) is 7. The molecule has 41 heavy (non-hydrogen) atoms. The summed E-state index contributed by atoms with van der Waals surface area (Å²) in [6.45, 7) is 1.45. The van der Waals surface area contributed by atoms with Crippen LogP contribution in [0.4, 0.5) is 13.2 Å². The van der Waals surface area contributed by atoms with Crippen LogP contribution in [0.1, 0.15) is 21.5 Å². The average Bonchev–Trinajstić information content (AvgIpc) is 3.61. The van der Waals surface area contributed by atoms with Gasteiger partial charge >= 0.3 is 0 Å². The molecule has 5 aromatic rings. The van der Waals surface area contributed by atoms with E-state index in [1.807, 2.05) is 48.5 Å². The second-order valence-corrected chi connectivity index (χ2v) is 10.0.